The van der Waals surface area contributed by atoms with Crippen molar-refractivity contribution in [2.24, 2.45) is 12.0 Å². The van der Waals surface area contributed by atoms with E-state index in [4.69, 9.17) is 4.74 Å². The van der Waals surface area contributed by atoms with Crippen molar-refractivity contribution in [1.29, 1.82) is 0 Å². The molecule has 1 aromatic carbocycles. The van der Waals surface area contributed by atoms with Gasteiger partial charge in [-0.15, -0.1) is 10.2 Å². The Kier molecular flexibility index (Phi) is 8.01. The Bertz CT molecular complexity index is 883. The number of carbonyl (C=O) groups excluding carboxylic acids is 1. The van der Waals surface area contributed by atoms with Crippen molar-refractivity contribution in [2.45, 2.75) is 65.8 Å². The molecule has 0 aliphatic rings. The fourth-order valence-electron chi connectivity index (χ4n) is 2.62. The summed E-state index contributed by atoms with van der Waals surface area (Å²) in [7, 11) is 1.93. The van der Waals surface area contributed by atoms with Crippen LogP contribution in [0.15, 0.2) is 35.3 Å². The number of hydrogen-bond donors (Lipinski definition) is 3. The number of aromatic nitrogens is 3. The van der Waals surface area contributed by atoms with E-state index >= 15 is 0 Å². The Morgan fingerprint density at radius 3 is 2.35 bits per heavy atom. The molecule has 1 aromatic heterocycles. The summed E-state index contributed by atoms with van der Waals surface area (Å²) in [5.41, 5.74) is -0.00542. The third kappa shape index (κ3) is 8.65. The molecule has 170 valence electrons. The van der Waals surface area contributed by atoms with Crippen molar-refractivity contribution in [3.63, 3.8) is 0 Å². The van der Waals surface area contributed by atoms with Gasteiger partial charge in [0.2, 0.25) is 0 Å². The molecule has 0 atom stereocenters. The Balaban J connectivity index is 2.03. The Morgan fingerprint density at radius 1 is 1.10 bits per heavy atom. The van der Waals surface area contributed by atoms with Gasteiger partial charge >= 0.3 is 6.09 Å². The van der Waals surface area contributed by atoms with E-state index in [2.05, 4.69) is 31.1 Å². The molecule has 0 saturated carbocycles. The first kappa shape index (κ1) is 24.2. The Labute approximate surface area is 184 Å². The number of rotatable bonds is 7. The zero-order chi connectivity index (χ0) is 23.1. The van der Waals surface area contributed by atoms with Crippen LogP contribution in [0.25, 0.3) is 0 Å². The molecular formula is C22H35N7O2. The molecule has 1 heterocycles. The number of alkyl carbamates (subject to hydrolysis) is 1. The van der Waals surface area contributed by atoms with E-state index in [1.54, 1.807) is 0 Å². The van der Waals surface area contributed by atoms with Crippen LogP contribution in [-0.4, -0.2) is 44.5 Å². The smallest absolute Gasteiger partial charge is 0.408 e. The average Bonchev–Trinajstić information content (AvgIpc) is 2.98. The quantitative estimate of drug-likeness (QED) is 0.462. The van der Waals surface area contributed by atoms with Gasteiger partial charge in [0.1, 0.15) is 11.4 Å². The van der Waals surface area contributed by atoms with E-state index in [1.807, 2.05) is 83.5 Å². The number of benzene rings is 1. The molecule has 0 saturated heterocycles. The summed E-state index contributed by atoms with van der Waals surface area (Å²) in [6, 6.07) is 10.0. The van der Waals surface area contributed by atoms with Crippen LogP contribution in [-0.2, 0) is 24.9 Å². The molecular weight excluding hydrogens is 394 g/mol. The van der Waals surface area contributed by atoms with Crippen molar-refractivity contribution < 1.29 is 9.53 Å². The van der Waals surface area contributed by atoms with Crippen LogP contribution in [0.3, 0.4) is 0 Å². The van der Waals surface area contributed by atoms with Gasteiger partial charge in [-0.1, -0.05) is 30.3 Å². The summed E-state index contributed by atoms with van der Waals surface area (Å²) < 4.78 is 7.29. The van der Waals surface area contributed by atoms with Gasteiger partial charge in [-0.25, -0.2) is 9.79 Å². The first-order chi connectivity index (χ1) is 14.5. The molecule has 2 rings (SSSR count). The SMILES string of the molecule is Cc1nnc(CNC(=NCc2ccccc2)NCC(C)(C)NC(=O)OC(C)(C)C)n1C. The monoisotopic (exact) mass is 429 g/mol. The molecule has 9 heteroatoms. The lowest BCUT2D eigenvalue weighted by molar-refractivity contribution is 0.0474. The Hall–Kier alpha value is -3.10. The minimum atomic E-state index is -0.557. The van der Waals surface area contributed by atoms with E-state index in [0.717, 1.165) is 17.2 Å². The minimum Gasteiger partial charge on any atom is -0.444 e. The van der Waals surface area contributed by atoms with E-state index in [9.17, 15) is 4.79 Å². The minimum absolute atomic E-state index is 0.449. The zero-order valence-corrected chi connectivity index (χ0v) is 19.6. The number of aryl methyl sites for hydroxylation is 1. The second-order valence-electron chi connectivity index (χ2n) is 9.09. The summed E-state index contributed by atoms with van der Waals surface area (Å²) in [5, 5.41) is 17.8. The van der Waals surface area contributed by atoms with E-state index in [1.165, 1.54) is 0 Å². The maximum absolute atomic E-state index is 12.2. The van der Waals surface area contributed by atoms with Gasteiger partial charge in [0.05, 0.1) is 18.6 Å². The third-order valence-electron chi connectivity index (χ3n) is 4.40. The summed E-state index contributed by atoms with van der Waals surface area (Å²) >= 11 is 0. The van der Waals surface area contributed by atoms with E-state index in [-0.39, 0.29) is 0 Å². The lowest BCUT2D eigenvalue weighted by Crippen LogP contribution is -2.54. The van der Waals surface area contributed by atoms with Gasteiger partial charge in [0.15, 0.2) is 11.8 Å². The maximum Gasteiger partial charge on any atom is 0.408 e. The molecule has 3 N–H and O–H groups in total. The van der Waals surface area contributed by atoms with Crippen molar-refractivity contribution in [1.82, 2.24) is 30.7 Å². The van der Waals surface area contributed by atoms with Crippen molar-refractivity contribution in [2.75, 3.05) is 6.54 Å². The number of ether oxygens (including phenoxy) is 1. The molecule has 1 amide bonds. The van der Waals surface area contributed by atoms with Crippen LogP contribution in [0.2, 0.25) is 0 Å². The molecule has 2 aromatic rings. The second-order valence-corrected chi connectivity index (χ2v) is 9.09. The summed E-state index contributed by atoms with van der Waals surface area (Å²) in [6.45, 7) is 12.7. The number of carbonyl (C=O) groups is 1. The van der Waals surface area contributed by atoms with Crippen LogP contribution >= 0.6 is 0 Å². The van der Waals surface area contributed by atoms with Gasteiger partial charge < -0.3 is 25.3 Å². The van der Waals surface area contributed by atoms with E-state index in [0.29, 0.717) is 25.6 Å². The number of hydrogen-bond acceptors (Lipinski definition) is 5. The third-order valence-corrected chi connectivity index (χ3v) is 4.40. The maximum atomic E-state index is 12.2. The van der Waals surface area contributed by atoms with E-state index < -0.39 is 17.2 Å². The van der Waals surface area contributed by atoms with Crippen molar-refractivity contribution in [3.05, 3.63) is 47.5 Å². The van der Waals surface area contributed by atoms with Gasteiger partial charge in [0, 0.05) is 13.6 Å². The normalized spacial score (nSPS) is 12.4. The van der Waals surface area contributed by atoms with Crippen LogP contribution in [0.4, 0.5) is 4.79 Å². The molecule has 0 unspecified atom stereocenters. The lowest BCUT2D eigenvalue weighted by Gasteiger charge is -2.29. The first-order valence-corrected chi connectivity index (χ1v) is 10.4. The molecule has 0 radical (unpaired) electrons. The highest BCUT2D eigenvalue weighted by molar-refractivity contribution is 5.80. The van der Waals surface area contributed by atoms with Crippen molar-refractivity contribution >= 4 is 12.1 Å². The zero-order valence-electron chi connectivity index (χ0n) is 19.6. The number of amides is 1. The first-order valence-electron chi connectivity index (χ1n) is 10.4. The summed E-state index contributed by atoms with van der Waals surface area (Å²) in [5.74, 6) is 2.26. The highest BCUT2D eigenvalue weighted by atomic mass is 16.6. The fraction of sp³-hybridized carbons (Fsp3) is 0.545. The molecule has 0 spiro atoms. The largest absolute Gasteiger partial charge is 0.444 e. The van der Waals surface area contributed by atoms with Gasteiger partial charge in [0.25, 0.3) is 0 Å². The topological polar surface area (TPSA) is 105 Å². The number of aliphatic imine (C=N–C) groups is 1. The predicted molar refractivity (Wildman–Crippen MR) is 122 cm³/mol. The molecule has 9 nitrogen and oxygen atoms in total. The molecule has 0 bridgehead atoms. The molecule has 31 heavy (non-hydrogen) atoms. The fourth-order valence-corrected chi connectivity index (χ4v) is 2.62. The molecule has 0 aliphatic carbocycles. The van der Waals surface area contributed by atoms with Crippen LogP contribution in [0.5, 0.6) is 0 Å². The lowest BCUT2D eigenvalue weighted by atomic mass is 10.1. The van der Waals surface area contributed by atoms with Crippen molar-refractivity contribution in [3.8, 4) is 0 Å². The molecule has 0 fully saturated rings. The summed E-state index contributed by atoms with van der Waals surface area (Å²) in [4.78, 5) is 16.8. The van der Waals surface area contributed by atoms with Crippen LogP contribution in [0, 0.1) is 6.92 Å². The second kappa shape index (κ2) is 10.3. The van der Waals surface area contributed by atoms with Gasteiger partial charge in [-0.05, 0) is 47.1 Å². The van der Waals surface area contributed by atoms with Crippen LogP contribution < -0.4 is 16.0 Å². The standard InChI is InChI=1S/C22H35N7O2/c1-16-27-28-18(29(16)7)14-24-19(23-13-17-11-9-8-10-12-17)25-15-22(5,6)26-20(30)31-21(2,3)4/h8-12H,13-15H2,1-7H3,(H,26,30)(H2,23,24,25). The number of guanidine groups is 1. The average molecular weight is 430 g/mol. The summed E-state index contributed by atoms with van der Waals surface area (Å²) in [6.07, 6.45) is -0.454. The van der Waals surface area contributed by atoms with Gasteiger partial charge in [-0.3, -0.25) is 0 Å². The predicted octanol–water partition coefficient (Wildman–Crippen LogP) is 2.66. The highest BCUT2D eigenvalue weighted by Crippen LogP contribution is 2.09. The van der Waals surface area contributed by atoms with Crippen LogP contribution in [0.1, 0.15) is 51.8 Å². The molecule has 0 aliphatic heterocycles. The Morgan fingerprint density at radius 2 is 1.77 bits per heavy atom. The highest BCUT2D eigenvalue weighted by Gasteiger charge is 2.25. The number of nitrogens with zero attached hydrogens (tertiary/aromatic N) is 4. The number of nitrogens with one attached hydrogen (secondary N) is 3. The van der Waals surface area contributed by atoms with Gasteiger partial charge in [-0.2, -0.15) is 0 Å².